The monoisotopic (exact) mass is 231 g/mol. The second-order valence-corrected chi connectivity index (χ2v) is 5.82. The molecule has 0 aliphatic carbocycles. The summed E-state index contributed by atoms with van der Waals surface area (Å²) in [6.45, 7) is 5.08. The number of nitrogens with zero attached hydrogens (tertiary/aromatic N) is 2. The highest BCUT2D eigenvalue weighted by atomic mass is 32.2. The minimum atomic E-state index is -2.92. The summed E-state index contributed by atoms with van der Waals surface area (Å²) >= 11 is 0. The number of aromatic nitrogens is 2. The Bertz CT molecular complexity index is 423. The van der Waals surface area contributed by atoms with Crippen LogP contribution in [0.4, 0.5) is 5.95 Å². The highest BCUT2D eigenvalue weighted by molar-refractivity contribution is 7.90. The van der Waals surface area contributed by atoms with Crippen molar-refractivity contribution >= 4 is 15.8 Å². The van der Waals surface area contributed by atoms with E-state index in [0.29, 0.717) is 6.54 Å². The van der Waals surface area contributed by atoms with Crippen LogP contribution in [0.1, 0.15) is 12.6 Å². The van der Waals surface area contributed by atoms with E-state index in [1.54, 1.807) is 0 Å². The first kappa shape index (κ1) is 12.0. The van der Waals surface area contributed by atoms with Gasteiger partial charge in [-0.05, 0) is 13.8 Å². The molecule has 1 N–H and O–H groups in total. The topological polar surface area (TPSA) is 64.0 Å². The summed E-state index contributed by atoms with van der Waals surface area (Å²) in [4.78, 5) is 4.26. The van der Waals surface area contributed by atoms with Crippen molar-refractivity contribution in [2.24, 2.45) is 0 Å². The van der Waals surface area contributed by atoms with Crippen molar-refractivity contribution in [1.29, 1.82) is 0 Å². The Morgan fingerprint density at radius 2 is 2.20 bits per heavy atom. The highest BCUT2D eigenvalue weighted by Gasteiger charge is 2.07. The molecule has 15 heavy (non-hydrogen) atoms. The van der Waals surface area contributed by atoms with Crippen LogP contribution in [0.15, 0.2) is 6.20 Å². The second kappa shape index (κ2) is 4.65. The molecule has 5 nitrogen and oxygen atoms in total. The van der Waals surface area contributed by atoms with Crippen molar-refractivity contribution in [1.82, 2.24) is 9.55 Å². The summed E-state index contributed by atoms with van der Waals surface area (Å²) in [5.41, 5.74) is 0.888. The molecule has 0 saturated carbocycles. The minimum Gasteiger partial charge on any atom is -0.356 e. The normalized spacial score (nSPS) is 11.7. The number of rotatable bonds is 5. The third-order valence-corrected chi connectivity index (χ3v) is 2.86. The van der Waals surface area contributed by atoms with Crippen LogP contribution in [0.2, 0.25) is 0 Å². The van der Waals surface area contributed by atoms with Crippen molar-refractivity contribution < 1.29 is 8.42 Å². The molecule has 0 saturated heterocycles. The van der Waals surface area contributed by atoms with Gasteiger partial charge in [0.25, 0.3) is 0 Å². The molecule has 0 aliphatic rings. The van der Waals surface area contributed by atoms with Crippen LogP contribution in [-0.4, -0.2) is 36.5 Å². The fourth-order valence-electron chi connectivity index (χ4n) is 1.28. The van der Waals surface area contributed by atoms with Crippen molar-refractivity contribution in [2.45, 2.75) is 20.4 Å². The lowest BCUT2D eigenvalue weighted by Crippen LogP contribution is -2.13. The van der Waals surface area contributed by atoms with E-state index in [4.69, 9.17) is 0 Å². The molecule has 1 heterocycles. The summed E-state index contributed by atoms with van der Waals surface area (Å²) in [6, 6.07) is 0. The van der Waals surface area contributed by atoms with Gasteiger partial charge in [-0.2, -0.15) is 0 Å². The first-order chi connectivity index (χ1) is 6.92. The Morgan fingerprint density at radius 1 is 1.53 bits per heavy atom. The van der Waals surface area contributed by atoms with Gasteiger partial charge in [0.15, 0.2) is 0 Å². The number of hydrogen-bond acceptors (Lipinski definition) is 4. The van der Waals surface area contributed by atoms with Gasteiger partial charge < -0.3 is 9.88 Å². The van der Waals surface area contributed by atoms with Gasteiger partial charge >= 0.3 is 0 Å². The second-order valence-electron chi connectivity index (χ2n) is 3.56. The molecule has 1 rings (SSSR count). The molecular weight excluding hydrogens is 214 g/mol. The molecule has 6 heteroatoms. The average molecular weight is 231 g/mol. The molecule has 0 radical (unpaired) electrons. The number of anilines is 1. The van der Waals surface area contributed by atoms with Gasteiger partial charge in [-0.25, -0.2) is 13.4 Å². The first-order valence-electron chi connectivity index (χ1n) is 4.87. The lowest BCUT2D eigenvalue weighted by atomic mass is 10.6. The average Bonchev–Trinajstić information content (AvgIpc) is 2.42. The molecule has 0 aliphatic heterocycles. The maximum atomic E-state index is 11.0. The molecule has 0 aromatic carbocycles. The van der Waals surface area contributed by atoms with Gasteiger partial charge in [-0.15, -0.1) is 0 Å². The van der Waals surface area contributed by atoms with Crippen LogP contribution in [0.5, 0.6) is 0 Å². The van der Waals surface area contributed by atoms with Crippen LogP contribution < -0.4 is 5.32 Å². The van der Waals surface area contributed by atoms with Crippen LogP contribution in [-0.2, 0) is 16.4 Å². The number of nitrogens with one attached hydrogen (secondary N) is 1. The highest BCUT2D eigenvalue weighted by Crippen LogP contribution is 2.08. The number of sulfone groups is 1. The van der Waals surface area contributed by atoms with Crippen molar-refractivity contribution in [2.75, 3.05) is 23.9 Å². The zero-order valence-corrected chi connectivity index (χ0v) is 10.1. The number of imidazole rings is 1. The molecule has 0 amide bonds. The molecular formula is C9H17N3O2S. The van der Waals surface area contributed by atoms with Gasteiger partial charge in [0.1, 0.15) is 9.84 Å². The molecule has 0 atom stereocenters. The van der Waals surface area contributed by atoms with Crippen molar-refractivity contribution in [3.8, 4) is 0 Å². The standard InChI is InChI=1S/C9H17N3O2S/c1-4-10-9-11-8(2)7-12(9)5-6-15(3,13)14/h7H,4-6H2,1-3H3,(H,10,11). The molecule has 86 valence electrons. The SMILES string of the molecule is CCNc1nc(C)cn1CCS(C)(=O)=O. The van der Waals surface area contributed by atoms with E-state index in [1.165, 1.54) is 6.26 Å². The lowest BCUT2D eigenvalue weighted by Gasteiger charge is -2.06. The largest absolute Gasteiger partial charge is 0.356 e. The number of hydrogen-bond donors (Lipinski definition) is 1. The summed E-state index contributed by atoms with van der Waals surface area (Å²) < 4.78 is 23.9. The van der Waals surface area contributed by atoms with E-state index in [9.17, 15) is 8.42 Å². The minimum absolute atomic E-state index is 0.140. The Kier molecular flexibility index (Phi) is 3.73. The third-order valence-electron chi connectivity index (χ3n) is 1.93. The van der Waals surface area contributed by atoms with Gasteiger partial charge in [0, 0.05) is 25.5 Å². The Morgan fingerprint density at radius 3 is 2.73 bits per heavy atom. The van der Waals surface area contributed by atoms with E-state index in [0.717, 1.165) is 18.2 Å². The number of aryl methyl sites for hydroxylation is 2. The molecule has 0 fully saturated rings. The maximum absolute atomic E-state index is 11.0. The summed E-state index contributed by atoms with van der Waals surface area (Å²) in [6.07, 6.45) is 3.09. The third kappa shape index (κ3) is 3.91. The van der Waals surface area contributed by atoms with Crippen LogP contribution in [0.25, 0.3) is 0 Å². The van der Waals surface area contributed by atoms with E-state index < -0.39 is 9.84 Å². The predicted molar refractivity (Wildman–Crippen MR) is 60.8 cm³/mol. The van der Waals surface area contributed by atoms with E-state index >= 15 is 0 Å². The lowest BCUT2D eigenvalue weighted by molar-refractivity contribution is 0.595. The quantitative estimate of drug-likeness (QED) is 0.809. The Balaban J connectivity index is 2.75. The summed E-state index contributed by atoms with van der Waals surface area (Å²) in [5, 5.41) is 3.09. The van der Waals surface area contributed by atoms with Gasteiger partial charge in [0.05, 0.1) is 11.4 Å². The van der Waals surface area contributed by atoms with Gasteiger partial charge in [-0.1, -0.05) is 0 Å². The van der Waals surface area contributed by atoms with Crippen molar-refractivity contribution in [3.63, 3.8) is 0 Å². The summed E-state index contributed by atoms with van der Waals surface area (Å²) in [5.74, 6) is 0.875. The van der Waals surface area contributed by atoms with Crippen LogP contribution >= 0.6 is 0 Å². The van der Waals surface area contributed by atoms with Crippen LogP contribution in [0.3, 0.4) is 0 Å². The predicted octanol–water partition coefficient (Wildman–Crippen LogP) is 0.668. The molecule has 0 unspecified atom stereocenters. The zero-order chi connectivity index (χ0) is 11.5. The van der Waals surface area contributed by atoms with E-state index in [-0.39, 0.29) is 5.75 Å². The smallest absolute Gasteiger partial charge is 0.203 e. The zero-order valence-electron chi connectivity index (χ0n) is 9.32. The fourth-order valence-corrected chi connectivity index (χ4v) is 1.81. The van der Waals surface area contributed by atoms with Gasteiger partial charge in [-0.3, -0.25) is 0 Å². The molecule has 0 spiro atoms. The van der Waals surface area contributed by atoms with Crippen molar-refractivity contribution in [3.05, 3.63) is 11.9 Å². The van der Waals surface area contributed by atoms with E-state index in [1.807, 2.05) is 24.6 Å². The maximum Gasteiger partial charge on any atom is 0.203 e. The molecule has 0 bridgehead atoms. The van der Waals surface area contributed by atoms with Crippen LogP contribution in [0, 0.1) is 6.92 Å². The molecule has 1 aromatic heterocycles. The Hall–Kier alpha value is -1.04. The summed E-state index contributed by atoms with van der Waals surface area (Å²) in [7, 11) is -2.92. The first-order valence-corrected chi connectivity index (χ1v) is 6.94. The van der Waals surface area contributed by atoms with E-state index in [2.05, 4.69) is 10.3 Å². The molecule has 1 aromatic rings. The fraction of sp³-hybridized carbons (Fsp3) is 0.667. The Labute approximate surface area is 90.4 Å². The van der Waals surface area contributed by atoms with Gasteiger partial charge in [0.2, 0.25) is 5.95 Å².